The predicted molar refractivity (Wildman–Crippen MR) is 122 cm³/mol. The van der Waals surface area contributed by atoms with Crippen molar-refractivity contribution in [2.45, 2.75) is 6.54 Å². The number of halogens is 1. The number of carboxylic acids is 1. The second-order valence-corrected chi connectivity index (χ2v) is 7.90. The third kappa shape index (κ3) is 5.54. The first-order chi connectivity index (χ1) is 15.1. The normalized spacial score (nSPS) is 14.4. The van der Waals surface area contributed by atoms with E-state index in [1.54, 1.807) is 0 Å². The molecule has 1 aliphatic rings. The smallest absolute Gasteiger partial charge is 0.341 e. The number of carbonyl (C=O) groups is 1. The zero-order chi connectivity index (χ0) is 21.6. The number of hydrogen-bond donors (Lipinski definition) is 1. The fourth-order valence-corrected chi connectivity index (χ4v) is 3.98. The van der Waals surface area contributed by atoms with E-state index in [1.165, 1.54) is 0 Å². The second-order valence-electron chi connectivity index (χ2n) is 7.46. The third-order valence-corrected chi connectivity index (χ3v) is 5.55. The van der Waals surface area contributed by atoms with Gasteiger partial charge in [0.15, 0.2) is 6.61 Å². The van der Waals surface area contributed by atoms with Crippen LogP contribution in [-0.4, -0.2) is 53.7 Å². The van der Waals surface area contributed by atoms with Gasteiger partial charge < -0.3 is 14.7 Å². The van der Waals surface area contributed by atoms with E-state index in [4.69, 9.17) is 21.4 Å². The Hall–Kier alpha value is -3.09. The van der Waals surface area contributed by atoms with Gasteiger partial charge in [0.2, 0.25) is 0 Å². The fourth-order valence-electron chi connectivity index (χ4n) is 3.79. The molecule has 0 amide bonds. The SMILES string of the molecule is O=C(O)COc1ccc(-c2cccc(Cl)c2)c(CN2CCN(c3ccccn3)CC2)c1. The number of anilines is 1. The number of ether oxygens (including phenoxy) is 1. The number of benzene rings is 2. The molecule has 0 aliphatic carbocycles. The molecule has 0 atom stereocenters. The molecular formula is C24H24ClN3O3. The molecule has 4 rings (SSSR count). The maximum atomic E-state index is 10.9. The maximum Gasteiger partial charge on any atom is 0.341 e. The van der Waals surface area contributed by atoms with Gasteiger partial charge in [-0.15, -0.1) is 0 Å². The molecule has 0 spiro atoms. The van der Waals surface area contributed by atoms with Gasteiger partial charge in [-0.3, -0.25) is 4.90 Å². The summed E-state index contributed by atoms with van der Waals surface area (Å²) >= 11 is 6.22. The van der Waals surface area contributed by atoms with Gasteiger partial charge >= 0.3 is 5.97 Å². The number of nitrogens with zero attached hydrogens (tertiary/aromatic N) is 3. The Labute approximate surface area is 186 Å². The van der Waals surface area contributed by atoms with Crippen molar-refractivity contribution in [2.24, 2.45) is 0 Å². The minimum atomic E-state index is -0.994. The van der Waals surface area contributed by atoms with Crippen LogP contribution in [0, 0.1) is 0 Å². The van der Waals surface area contributed by atoms with Crippen LogP contribution in [0.15, 0.2) is 66.9 Å². The number of hydrogen-bond acceptors (Lipinski definition) is 5. The molecular weight excluding hydrogens is 414 g/mol. The van der Waals surface area contributed by atoms with E-state index in [-0.39, 0.29) is 6.61 Å². The third-order valence-electron chi connectivity index (χ3n) is 5.31. The molecule has 0 radical (unpaired) electrons. The Morgan fingerprint density at radius 1 is 1.03 bits per heavy atom. The lowest BCUT2D eigenvalue weighted by Crippen LogP contribution is -2.46. The monoisotopic (exact) mass is 437 g/mol. The molecule has 160 valence electrons. The van der Waals surface area contributed by atoms with E-state index in [0.717, 1.165) is 55.2 Å². The largest absolute Gasteiger partial charge is 0.482 e. The van der Waals surface area contributed by atoms with Gasteiger partial charge in [-0.05, 0) is 53.1 Å². The Morgan fingerprint density at radius 2 is 1.87 bits per heavy atom. The Bertz CT molecular complexity index is 1040. The zero-order valence-corrected chi connectivity index (χ0v) is 17.8. The standard InChI is InChI=1S/C24H24ClN3O3/c25-20-5-3-4-18(14-20)22-8-7-21(31-17-24(29)30)15-19(22)16-27-10-12-28(13-11-27)23-6-1-2-9-26-23/h1-9,14-15H,10-13,16-17H2,(H,29,30). The minimum Gasteiger partial charge on any atom is -0.482 e. The first-order valence-electron chi connectivity index (χ1n) is 10.2. The molecule has 1 N–H and O–H groups in total. The lowest BCUT2D eigenvalue weighted by molar-refractivity contribution is -0.139. The summed E-state index contributed by atoms with van der Waals surface area (Å²) in [5.74, 6) is 0.562. The summed E-state index contributed by atoms with van der Waals surface area (Å²) in [6.07, 6.45) is 1.82. The molecule has 1 fully saturated rings. The topological polar surface area (TPSA) is 65.9 Å². The first kappa shape index (κ1) is 21.2. The molecule has 2 heterocycles. The Kier molecular flexibility index (Phi) is 6.70. The molecule has 1 saturated heterocycles. The minimum absolute atomic E-state index is 0.362. The number of carboxylic acid groups (broad SMARTS) is 1. The van der Waals surface area contributed by atoms with E-state index in [1.807, 2.05) is 66.9 Å². The van der Waals surface area contributed by atoms with Crippen molar-refractivity contribution in [1.82, 2.24) is 9.88 Å². The van der Waals surface area contributed by atoms with Crippen LogP contribution in [0.25, 0.3) is 11.1 Å². The van der Waals surface area contributed by atoms with Crippen molar-refractivity contribution in [3.63, 3.8) is 0 Å². The van der Waals surface area contributed by atoms with Crippen LogP contribution in [0.4, 0.5) is 5.82 Å². The van der Waals surface area contributed by atoms with Gasteiger partial charge in [0.25, 0.3) is 0 Å². The summed E-state index contributed by atoms with van der Waals surface area (Å²) in [6, 6.07) is 19.4. The van der Waals surface area contributed by atoms with Crippen molar-refractivity contribution in [3.05, 3.63) is 77.4 Å². The zero-order valence-electron chi connectivity index (χ0n) is 17.1. The van der Waals surface area contributed by atoms with Gasteiger partial charge in [-0.1, -0.05) is 35.9 Å². The number of piperazine rings is 1. The lowest BCUT2D eigenvalue weighted by atomic mass is 9.98. The highest BCUT2D eigenvalue weighted by Gasteiger charge is 2.19. The van der Waals surface area contributed by atoms with Crippen molar-refractivity contribution >= 4 is 23.4 Å². The van der Waals surface area contributed by atoms with Crippen LogP contribution in [0.3, 0.4) is 0 Å². The highest BCUT2D eigenvalue weighted by molar-refractivity contribution is 6.30. The van der Waals surface area contributed by atoms with Crippen molar-refractivity contribution in [3.8, 4) is 16.9 Å². The molecule has 1 aliphatic heterocycles. The van der Waals surface area contributed by atoms with Crippen molar-refractivity contribution in [2.75, 3.05) is 37.7 Å². The van der Waals surface area contributed by atoms with E-state index in [9.17, 15) is 4.79 Å². The van der Waals surface area contributed by atoms with Crippen LogP contribution in [-0.2, 0) is 11.3 Å². The summed E-state index contributed by atoms with van der Waals surface area (Å²) in [6.45, 7) is 4.00. The van der Waals surface area contributed by atoms with E-state index >= 15 is 0 Å². The number of rotatable bonds is 7. The average Bonchev–Trinajstić information content (AvgIpc) is 2.79. The van der Waals surface area contributed by atoms with Crippen LogP contribution >= 0.6 is 11.6 Å². The number of aromatic nitrogens is 1. The van der Waals surface area contributed by atoms with Crippen molar-refractivity contribution < 1.29 is 14.6 Å². The van der Waals surface area contributed by atoms with Gasteiger partial charge in [0.05, 0.1) is 0 Å². The highest BCUT2D eigenvalue weighted by atomic mass is 35.5. The molecule has 7 heteroatoms. The van der Waals surface area contributed by atoms with Gasteiger partial charge in [0.1, 0.15) is 11.6 Å². The van der Waals surface area contributed by atoms with Gasteiger partial charge in [-0.2, -0.15) is 0 Å². The summed E-state index contributed by atoms with van der Waals surface area (Å²) < 4.78 is 5.43. The summed E-state index contributed by atoms with van der Waals surface area (Å²) in [4.78, 5) is 20.0. The van der Waals surface area contributed by atoms with Gasteiger partial charge in [-0.25, -0.2) is 9.78 Å². The van der Waals surface area contributed by atoms with Crippen molar-refractivity contribution in [1.29, 1.82) is 0 Å². The quantitative estimate of drug-likeness (QED) is 0.598. The lowest BCUT2D eigenvalue weighted by Gasteiger charge is -2.35. The van der Waals surface area contributed by atoms with Crippen LogP contribution in [0.2, 0.25) is 5.02 Å². The highest BCUT2D eigenvalue weighted by Crippen LogP contribution is 2.30. The second kappa shape index (κ2) is 9.81. The van der Waals surface area contributed by atoms with Gasteiger partial charge in [0, 0.05) is 43.9 Å². The maximum absolute atomic E-state index is 10.9. The van der Waals surface area contributed by atoms with E-state index < -0.39 is 5.97 Å². The Balaban J connectivity index is 1.52. The number of pyridine rings is 1. The molecule has 0 bridgehead atoms. The molecule has 0 unspecified atom stereocenters. The Morgan fingerprint density at radius 3 is 2.58 bits per heavy atom. The van der Waals surface area contributed by atoms with E-state index in [2.05, 4.69) is 14.8 Å². The van der Waals surface area contributed by atoms with Crippen LogP contribution in [0.5, 0.6) is 5.75 Å². The predicted octanol–water partition coefficient (Wildman–Crippen LogP) is 4.19. The molecule has 31 heavy (non-hydrogen) atoms. The first-order valence-corrected chi connectivity index (χ1v) is 10.6. The molecule has 3 aromatic rings. The molecule has 2 aromatic carbocycles. The average molecular weight is 438 g/mol. The fraction of sp³-hybridized carbons (Fsp3) is 0.250. The van der Waals surface area contributed by atoms with Crippen LogP contribution < -0.4 is 9.64 Å². The van der Waals surface area contributed by atoms with Crippen LogP contribution in [0.1, 0.15) is 5.56 Å². The summed E-state index contributed by atoms with van der Waals surface area (Å²) in [5, 5.41) is 9.61. The summed E-state index contributed by atoms with van der Waals surface area (Å²) in [5.41, 5.74) is 3.17. The summed E-state index contributed by atoms with van der Waals surface area (Å²) in [7, 11) is 0. The number of aliphatic carboxylic acids is 1. The molecule has 1 aromatic heterocycles. The molecule has 0 saturated carbocycles. The molecule has 6 nitrogen and oxygen atoms in total. The van der Waals surface area contributed by atoms with E-state index in [0.29, 0.717) is 10.8 Å².